The smallest absolute Gasteiger partial charge is 0.225 e. The molecule has 1 amide bonds. The highest BCUT2D eigenvalue weighted by Gasteiger charge is 2.10. The van der Waals surface area contributed by atoms with Gasteiger partial charge in [0.15, 0.2) is 10.9 Å². The van der Waals surface area contributed by atoms with Gasteiger partial charge in [-0.2, -0.15) is 0 Å². The van der Waals surface area contributed by atoms with Crippen LogP contribution in [-0.2, 0) is 4.79 Å². The molecule has 0 aliphatic heterocycles. The van der Waals surface area contributed by atoms with E-state index in [0.29, 0.717) is 11.6 Å². The Kier molecular flexibility index (Phi) is 3.05. The van der Waals surface area contributed by atoms with Crippen molar-refractivity contribution < 1.29 is 9.21 Å². The van der Waals surface area contributed by atoms with Gasteiger partial charge in [0.05, 0.1) is 0 Å². The Bertz CT molecular complexity index is 697. The number of amides is 1. The van der Waals surface area contributed by atoms with Crippen molar-refractivity contribution in [1.29, 1.82) is 0 Å². The number of hydrogen-bond acceptors (Lipinski definition) is 4. The van der Waals surface area contributed by atoms with E-state index in [1.165, 1.54) is 11.3 Å². The molecule has 96 valence electrons. The summed E-state index contributed by atoms with van der Waals surface area (Å²) < 4.78 is 5.73. The minimum atomic E-state index is -0.0366. The zero-order valence-electron chi connectivity index (χ0n) is 10.3. The van der Waals surface area contributed by atoms with Crippen molar-refractivity contribution >= 4 is 33.3 Å². The molecule has 0 bridgehead atoms. The number of benzene rings is 1. The van der Waals surface area contributed by atoms with E-state index in [9.17, 15) is 4.79 Å². The Morgan fingerprint density at radius 1 is 1.42 bits per heavy atom. The molecule has 0 aliphatic carbocycles. The summed E-state index contributed by atoms with van der Waals surface area (Å²) in [6.45, 7) is 1.81. The molecule has 3 aromatic rings. The van der Waals surface area contributed by atoms with Crippen LogP contribution in [0.1, 0.15) is 13.3 Å². The summed E-state index contributed by atoms with van der Waals surface area (Å²) in [7, 11) is 0. The van der Waals surface area contributed by atoms with Gasteiger partial charge in [0.25, 0.3) is 0 Å². The van der Waals surface area contributed by atoms with Crippen LogP contribution < -0.4 is 5.32 Å². The number of rotatable bonds is 3. The highest BCUT2D eigenvalue weighted by atomic mass is 32.1. The lowest BCUT2D eigenvalue weighted by Gasteiger charge is -1.95. The van der Waals surface area contributed by atoms with Gasteiger partial charge in [0.1, 0.15) is 11.3 Å². The first-order valence-corrected chi connectivity index (χ1v) is 6.88. The number of aromatic nitrogens is 1. The van der Waals surface area contributed by atoms with Crippen molar-refractivity contribution in [2.24, 2.45) is 0 Å². The third-order valence-electron chi connectivity index (χ3n) is 2.75. The first-order valence-electron chi connectivity index (χ1n) is 6.00. The van der Waals surface area contributed by atoms with Crippen LogP contribution in [0.2, 0.25) is 0 Å². The molecule has 4 nitrogen and oxygen atoms in total. The minimum absolute atomic E-state index is 0.0366. The second-order valence-corrected chi connectivity index (χ2v) is 4.95. The van der Waals surface area contributed by atoms with Crippen molar-refractivity contribution in [3.05, 3.63) is 35.7 Å². The summed E-state index contributed by atoms with van der Waals surface area (Å²) in [5, 5.41) is 6.27. The molecule has 5 heteroatoms. The second-order valence-electron chi connectivity index (χ2n) is 4.09. The fraction of sp³-hybridized carbons (Fsp3) is 0.143. The summed E-state index contributed by atoms with van der Waals surface area (Å²) in [5.74, 6) is 0.681. The second kappa shape index (κ2) is 4.85. The van der Waals surface area contributed by atoms with E-state index in [4.69, 9.17) is 4.42 Å². The van der Waals surface area contributed by atoms with Gasteiger partial charge >= 0.3 is 0 Å². The molecule has 1 N–H and O–H groups in total. The van der Waals surface area contributed by atoms with Gasteiger partial charge in [-0.3, -0.25) is 4.79 Å². The topological polar surface area (TPSA) is 55.1 Å². The predicted molar refractivity (Wildman–Crippen MR) is 76.2 cm³/mol. The number of hydrogen-bond donors (Lipinski definition) is 1. The average Bonchev–Trinajstić information content (AvgIpc) is 3.04. The molecule has 3 rings (SSSR count). The average molecular weight is 272 g/mol. The van der Waals surface area contributed by atoms with Crippen LogP contribution in [0.15, 0.2) is 40.1 Å². The summed E-state index contributed by atoms with van der Waals surface area (Å²) in [6, 6.07) is 9.77. The number of thiazole rings is 1. The molecule has 2 heterocycles. The van der Waals surface area contributed by atoms with E-state index in [2.05, 4.69) is 10.3 Å². The molecular weight excluding hydrogens is 260 g/mol. The lowest BCUT2D eigenvalue weighted by molar-refractivity contribution is -0.115. The molecule has 19 heavy (non-hydrogen) atoms. The van der Waals surface area contributed by atoms with Crippen molar-refractivity contribution in [3.63, 3.8) is 0 Å². The number of nitrogens with one attached hydrogen (secondary N) is 1. The SMILES string of the molecule is CCC(=O)Nc1nc(-c2cc3ccccc3o2)cs1. The summed E-state index contributed by atoms with van der Waals surface area (Å²) in [5.41, 5.74) is 1.58. The first kappa shape index (κ1) is 11.9. The maximum atomic E-state index is 11.3. The van der Waals surface area contributed by atoms with Crippen LogP contribution in [-0.4, -0.2) is 10.9 Å². The molecule has 0 saturated heterocycles. The molecule has 0 unspecified atom stereocenters. The molecule has 0 aliphatic rings. The molecule has 0 radical (unpaired) electrons. The molecule has 2 aromatic heterocycles. The van der Waals surface area contributed by atoms with E-state index in [0.717, 1.165) is 22.4 Å². The number of carbonyl (C=O) groups excluding carboxylic acids is 1. The maximum absolute atomic E-state index is 11.3. The Balaban J connectivity index is 1.91. The standard InChI is InChI=1S/C14H12N2O2S/c1-2-13(17)16-14-15-10(8-19-14)12-7-9-5-3-4-6-11(9)18-12/h3-8H,2H2,1H3,(H,15,16,17). The Morgan fingerprint density at radius 2 is 2.26 bits per heavy atom. The van der Waals surface area contributed by atoms with Crippen LogP contribution in [0.4, 0.5) is 5.13 Å². The quantitative estimate of drug-likeness (QED) is 0.786. The number of fused-ring (bicyclic) bond motifs is 1. The number of anilines is 1. The number of furan rings is 1. The molecular formula is C14H12N2O2S. The van der Waals surface area contributed by atoms with Crippen molar-refractivity contribution in [1.82, 2.24) is 4.98 Å². The van der Waals surface area contributed by atoms with E-state index in [1.807, 2.05) is 42.6 Å². The van der Waals surface area contributed by atoms with E-state index in [-0.39, 0.29) is 5.91 Å². The largest absolute Gasteiger partial charge is 0.454 e. The van der Waals surface area contributed by atoms with E-state index in [1.54, 1.807) is 0 Å². The highest BCUT2D eigenvalue weighted by Crippen LogP contribution is 2.30. The van der Waals surface area contributed by atoms with Gasteiger partial charge in [0, 0.05) is 17.2 Å². The van der Waals surface area contributed by atoms with Crippen LogP contribution >= 0.6 is 11.3 Å². The molecule has 0 fully saturated rings. The van der Waals surface area contributed by atoms with Gasteiger partial charge in [0.2, 0.25) is 5.91 Å². The van der Waals surface area contributed by atoms with Crippen molar-refractivity contribution in [2.75, 3.05) is 5.32 Å². The van der Waals surface area contributed by atoms with E-state index >= 15 is 0 Å². The normalized spacial score (nSPS) is 10.8. The fourth-order valence-corrected chi connectivity index (χ4v) is 2.48. The van der Waals surface area contributed by atoms with Crippen LogP contribution in [0, 0.1) is 0 Å². The first-order chi connectivity index (χ1) is 9.26. The van der Waals surface area contributed by atoms with Crippen molar-refractivity contribution in [2.45, 2.75) is 13.3 Å². The number of para-hydroxylation sites is 1. The number of carbonyl (C=O) groups is 1. The Morgan fingerprint density at radius 3 is 3.05 bits per heavy atom. The lowest BCUT2D eigenvalue weighted by atomic mass is 10.2. The fourth-order valence-electron chi connectivity index (χ4n) is 1.76. The van der Waals surface area contributed by atoms with Gasteiger partial charge < -0.3 is 9.73 Å². The van der Waals surface area contributed by atoms with Gasteiger partial charge in [-0.25, -0.2) is 4.98 Å². The highest BCUT2D eigenvalue weighted by molar-refractivity contribution is 7.14. The van der Waals surface area contributed by atoms with Gasteiger partial charge in [-0.05, 0) is 12.1 Å². The maximum Gasteiger partial charge on any atom is 0.225 e. The summed E-state index contributed by atoms with van der Waals surface area (Å²) >= 11 is 1.39. The van der Waals surface area contributed by atoms with Crippen LogP contribution in [0.25, 0.3) is 22.4 Å². The van der Waals surface area contributed by atoms with E-state index < -0.39 is 0 Å². The third-order valence-corrected chi connectivity index (χ3v) is 3.51. The molecule has 0 spiro atoms. The molecule has 1 aromatic carbocycles. The third kappa shape index (κ3) is 2.37. The van der Waals surface area contributed by atoms with Crippen LogP contribution in [0.3, 0.4) is 0 Å². The monoisotopic (exact) mass is 272 g/mol. The van der Waals surface area contributed by atoms with Gasteiger partial charge in [-0.1, -0.05) is 25.1 Å². The predicted octanol–water partition coefficient (Wildman–Crippen LogP) is 3.90. The summed E-state index contributed by atoms with van der Waals surface area (Å²) in [6.07, 6.45) is 0.444. The van der Waals surface area contributed by atoms with Crippen molar-refractivity contribution in [3.8, 4) is 11.5 Å². The number of nitrogens with zero attached hydrogens (tertiary/aromatic N) is 1. The Hall–Kier alpha value is -2.14. The summed E-state index contributed by atoms with van der Waals surface area (Å²) in [4.78, 5) is 15.7. The molecule has 0 saturated carbocycles. The zero-order chi connectivity index (χ0) is 13.2. The Labute approximate surface area is 114 Å². The minimum Gasteiger partial charge on any atom is -0.454 e. The van der Waals surface area contributed by atoms with Crippen LogP contribution in [0.5, 0.6) is 0 Å². The lowest BCUT2D eigenvalue weighted by Crippen LogP contribution is -2.08. The molecule has 0 atom stereocenters. The zero-order valence-corrected chi connectivity index (χ0v) is 11.2. The van der Waals surface area contributed by atoms with Gasteiger partial charge in [-0.15, -0.1) is 11.3 Å².